The van der Waals surface area contributed by atoms with E-state index in [4.69, 9.17) is 18.0 Å². The molecule has 0 saturated heterocycles. The van der Waals surface area contributed by atoms with Gasteiger partial charge in [-0.25, -0.2) is 8.78 Å². The van der Waals surface area contributed by atoms with E-state index in [9.17, 15) is 13.6 Å². The second-order valence-corrected chi connectivity index (χ2v) is 5.85. The summed E-state index contributed by atoms with van der Waals surface area (Å²) in [5, 5.41) is 0. The summed E-state index contributed by atoms with van der Waals surface area (Å²) in [6.45, 7) is 4.79. The Morgan fingerprint density at radius 2 is 1.90 bits per heavy atom. The van der Waals surface area contributed by atoms with E-state index in [-0.39, 0.29) is 23.8 Å². The Morgan fingerprint density at radius 1 is 1.33 bits per heavy atom. The van der Waals surface area contributed by atoms with Gasteiger partial charge in [-0.3, -0.25) is 4.79 Å². The highest BCUT2D eigenvalue weighted by molar-refractivity contribution is 7.80. The first-order valence-electron chi connectivity index (χ1n) is 6.80. The van der Waals surface area contributed by atoms with Gasteiger partial charge in [-0.15, -0.1) is 0 Å². The number of hydrogen-bond acceptors (Lipinski definition) is 2. The first-order chi connectivity index (χ1) is 9.81. The lowest BCUT2D eigenvalue weighted by molar-refractivity contribution is -0.131. The van der Waals surface area contributed by atoms with Crippen LogP contribution in [0.15, 0.2) is 18.2 Å². The molecular formula is C15H20F2N2OS. The lowest BCUT2D eigenvalue weighted by Crippen LogP contribution is -2.37. The average molecular weight is 314 g/mol. The first-order valence-corrected chi connectivity index (χ1v) is 7.21. The van der Waals surface area contributed by atoms with Gasteiger partial charge in [0.15, 0.2) is 0 Å². The third-order valence-electron chi connectivity index (χ3n) is 2.96. The highest BCUT2D eigenvalue weighted by Crippen LogP contribution is 2.14. The van der Waals surface area contributed by atoms with Crippen molar-refractivity contribution >= 4 is 23.1 Å². The van der Waals surface area contributed by atoms with E-state index in [0.29, 0.717) is 24.5 Å². The van der Waals surface area contributed by atoms with E-state index in [1.165, 1.54) is 6.07 Å². The number of amides is 1. The molecule has 1 aromatic rings. The van der Waals surface area contributed by atoms with Crippen LogP contribution >= 0.6 is 12.2 Å². The smallest absolute Gasteiger partial charge is 0.227 e. The van der Waals surface area contributed by atoms with Crippen molar-refractivity contribution in [3.05, 3.63) is 35.4 Å². The standard InChI is InChI=1S/C15H20F2N2OS/c1-10(2)9-19(7-6-14(18)21)15(20)8-11-12(16)4-3-5-13(11)17/h3-5,10H,6-9H2,1-2H3,(H2,18,21). The molecule has 0 bridgehead atoms. The zero-order valence-electron chi connectivity index (χ0n) is 12.2. The van der Waals surface area contributed by atoms with Crippen LogP contribution in [-0.2, 0) is 11.2 Å². The van der Waals surface area contributed by atoms with Crippen molar-refractivity contribution in [2.75, 3.05) is 13.1 Å². The number of nitrogens with zero attached hydrogens (tertiary/aromatic N) is 1. The van der Waals surface area contributed by atoms with E-state index in [1.807, 2.05) is 13.8 Å². The van der Waals surface area contributed by atoms with Gasteiger partial charge >= 0.3 is 0 Å². The molecule has 1 aromatic carbocycles. The molecule has 0 unspecified atom stereocenters. The van der Waals surface area contributed by atoms with E-state index in [2.05, 4.69) is 0 Å². The zero-order valence-corrected chi connectivity index (χ0v) is 13.1. The number of hydrogen-bond donors (Lipinski definition) is 1. The van der Waals surface area contributed by atoms with Crippen LogP contribution in [0.25, 0.3) is 0 Å². The van der Waals surface area contributed by atoms with Crippen LogP contribution in [0.1, 0.15) is 25.8 Å². The fourth-order valence-electron chi connectivity index (χ4n) is 1.97. The lowest BCUT2D eigenvalue weighted by atomic mass is 10.1. The van der Waals surface area contributed by atoms with Gasteiger partial charge in [0.05, 0.1) is 11.4 Å². The maximum Gasteiger partial charge on any atom is 0.227 e. The zero-order chi connectivity index (χ0) is 16.0. The molecule has 1 amide bonds. The Morgan fingerprint density at radius 3 is 2.38 bits per heavy atom. The van der Waals surface area contributed by atoms with Gasteiger partial charge in [-0.1, -0.05) is 32.1 Å². The molecule has 3 nitrogen and oxygen atoms in total. The molecule has 0 spiro atoms. The van der Waals surface area contributed by atoms with E-state index >= 15 is 0 Å². The number of halogens is 2. The Kier molecular flexibility index (Phi) is 6.68. The number of rotatable bonds is 7. The van der Waals surface area contributed by atoms with Crippen molar-refractivity contribution < 1.29 is 13.6 Å². The number of benzene rings is 1. The molecule has 0 fully saturated rings. The van der Waals surface area contributed by atoms with Crippen molar-refractivity contribution in [2.45, 2.75) is 26.7 Å². The van der Waals surface area contributed by atoms with Crippen molar-refractivity contribution in [3.8, 4) is 0 Å². The monoisotopic (exact) mass is 314 g/mol. The summed E-state index contributed by atoms with van der Waals surface area (Å²) in [6.07, 6.45) is 0.0934. The fraction of sp³-hybridized carbons (Fsp3) is 0.467. The molecule has 21 heavy (non-hydrogen) atoms. The van der Waals surface area contributed by atoms with Gasteiger partial charge in [0.2, 0.25) is 5.91 Å². The third kappa shape index (κ3) is 5.75. The predicted octanol–water partition coefficient (Wildman–Crippen LogP) is 2.67. The molecule has 0 aliphatic heterocycles. The van der Waals surface area contributed by atoms with E-state index < -0.39 is 11.6 Å². The largest absolute Gasteiger partial charge is 0.393 e. The lowest BCUT2D eigenvalue weighted by Gasteiger charge is -2.24. The van der Waals surface area contributed by atoms with E-state index in [1.54, 1.807) is 4.90 Å². The summed E-state index contributed by atoms with van der Waals surface area (Å²) in [4.78, 5) is 14.1. The van der Waals surface area contributed by atoms with Crippen LogP contribution in [-0.4, -0.2) is 28.9 Å². The minimum Gasteiger partial charge on any atom is -0.393 e. The van der Waals surface area contributed by atoms with Gasteiger partial charge in [0.25, 0.3) is 0 Å². The average Bonchev–Trinajstić information content (AvgIpc) is 2.38. The first kappa shape index (κ1) is 17.5. The van der Waals surface area contributed by atoms with Crippen molar-refractivity contribution in [2.24, 2.45) is 11.7 Å². The van der Waals surface area contributed by atoms with E-state index in [0.717, 1.165) is 12.1 Å². The second-order valence-electron chi connectivity index (χ2n) is 5.33. The molecule has 0 aliphatic carbocycles. The van der Waals surface area contributed by atoms with Crippen molar-refractivity contribution in [1.29, 1.82) is 0 Å². The number of carbonyl (C=O) groups is 1. The molecule has 0 aromatic heterocycles. The third-order valence-corrected chi connectivity index (χ3v) is 3.16. The number of nitrogens with two attached hydrogens (primary N) is 1. The van der Waals surface area contributed by atoms with Crippen LogP contribution in [0.2, 0.25) is 0 Å². The maximum atomic E-state index is 13.6. The summed E-state index contributed by atoms with van der Waals surface area (Å²) in [5.41, 5.74) is 5.24. The Bertz CT molecular complexity index is 500. The maximum absolute atomic E-state index is 13.6. The van der Waals surface area contributed by atoms with Crippen LogP contribution in [0.3, 0.4) is 0 Å². The molecular weight excluding hydrogens is 294 g/mol. The summed E-state index contributed by atoms with van der Waals surface area (Å²) in [7, 11) is 0. The van der Waals surface area contributed by atoms with Crippen LogP contribution in [0.4, 0.5) is 8.78 Å². The summed E-state index contributed by atoms with van der Waals surface area (Å²) in [5.74, 6) is -1.50. The molecule has 0 heterocycles. The van der Waals surface area contributed by atoms with Gasteiger partial charge in [0, 0.05) is 25.1 Å². The molecule has 0 radical (unpaired) electrons. The summed E-state index contributed by atoms with van der Waals surface area (Å²) < 4.78 is 27.2. The topological polar surface area (TPSA) is 46.3 Å². The molecule has 0 aliphatic rings. The molecule has 0 saturated carbocycles. The fourth-order valence-corrected chi connectivity index (χ4v) is 2.06. The van der Waals surface area contributed by atoms with Gasteiger partial charge < -0.3 is 10.6 Å². The summed E-state index contributed by atoms with van der Waals surface area (Å²) in [6, 6.07) is 3.57. The second kappa shape index (κ2) is 8.02. The molecule has 116 valence electrons. The molecule has 2 N–H and O–H groups in total. The minimum atomic E-state index is -0.706. The Labute approximate surface area is 129 Å². The van der Waals surface area contributed by atoms with Crippen molar-refractivity contribution in [3.63, 3.8) is 0 Å². The highest BCUT2D eigenvalue weighted by atomic mass is 32.1. The molecule has 6 heteroatoms. The van der Waals surface area contributed by atoms with Crippen LogP contribution < -0.4 is 5.73 Å². The number of thiocarbonyl (C=S) groups is 1. The quantitative estimate of drug-likeness (QED) is 0.787. The highest BCUT2D eigenvalue weighted by Gasteiger charge is 2.19. The van der Waals surface area contributed by atoms with Gasteiger partial charge in [0.1, 0.15) is 11.6 Å². The SMILES string of the molecule is CC(C)CN(CCC(N)=S)C(=O)Cc1c(F)cccc1F. The van der Waals surface area contributed by atoms with Gasteiger partial charge in [-0.2, -0.15) is 0 Å². The predicted molar refractivity (Wildman–Crippen MR) is 82.9 cm³/mol. The molecule has 1 rings (SSSR count). The van der Waals surface area contributed by atoms with Crippen LogP contribution in [0, 0.1) is 17.6 Å². The Hall–Kier alpha value is -1.56. The minimum absolute atomic E-state index is 0.202. The van der Waals surface area contributed by atoms with Gasteiger partial charge in [-0.05, 0) is 18.1 Å². The number of carbonyl (C=O) groups excluding carboxylic acids is 1. The normalized spacial score (nSPS) is 10.7. The van der Waals surface area contributed by atoms with Crippen molar-refractivity contribution in [1.82, 2.24) is 4.90 Å². The Balaban J connectivity index is 2.82. The summed E-state index contributed by atoms with van der Waals surface area (Å²) >= 11 is 4.81. The van der Waals surface area contributed by atoms with Crippen LogP contribution in [0.5, 0.6) is 0 Å². The molecule has 0 atom stereocenters.